The molecule has 1 amide bonds. The number of amides is 1. The van der Waals surface area contributed by atoms with E-state index >= 15 is 0 Å². The van der Waals surface area contributed by atoms with Crippen molar-refractivity contribution in [3.8, 4) is 6.07 Å². The van der Waals surface area contributed by atoms with Gasteiger partial charge in [-0.15, -0.1) is 23.1 Å². The fourth-order valence-electron chi connectivity index (χ4n) is 2.40. The first-order valence-corrected chi connectivity index (χ1v) is 9.26. The van der Waals surface area contributed by atoms with Gasteiger partial charge in [0.15, 0.2) is 0 Å². The number of nitriles is 1. The molecule has 2 aromatic rings. The van der Waals surface area contributed by atoms with E-state index in [0.29, 0.717) is 27.8 Å². The van der Waals surface area contributed by atoms with Gasteiger partial charge in [0.25, 0.3) is 0 Å². The van der Waals surface area contributed by atoms with Crippen molar-refractivity contribution in [1.82, 2.24) is 5.32 Å². The smallest absolute Gasteiger partial charge is 0.225 e. The molecule has 3 rings (SSSR count). The van der Waals surface area contributed by atoms with E-state index in [1.54, 1.807) is 11.3 Å². The highest BCUT2D eigenvalue weighted by molar-refractivity contribution is 8.02. The second kappa shape index (κ2) is 7.22. The van der Waals surface area contributed by atoms with E-state index in [0.717, 1.165) is 10.4 Å². The van der Waals surface area contributed by atoms with Gasteiger partial charge in [0.05, 0.1) is 16.7 Å². The fourth-order valence-corrected chi connectivity index (χ4v) is 4.40. The predicted octanol–water partition coefficient (Wildman–Crippen LogP) is 4.67. The minimum atomic E-state index is -0.138. The molecular formula is C17H13ClN2OS2. The van der Waals surface area contributed by atoms with E-state index in [9.17, 15) is 10.1 Å². The molecule has 3 nitrogen and oxygen atoms in total. The zero-order valence-corrected chi connectivity index (χ0v) is 14.5. The van der Waals surface area contributed by atoms with Crippen LogP contribution in [0.5, 0.6) is 0 Å². The van der Waals surface area contributed by atoms with Crippen LogP contribution in [0.4, 0.5) is 0 Å². The molecule has 1 aliphatic rings. The lowest BCUT2D eigenvalue weighted by Gasteiger charge is -2.24. The maximum absolute atomic E-state index is 12.0. The van der Waals surface area contributed by atoms with Crippen LogP contribution in [0.1, 0.15) is 22.8 Å². The molecule has 1 atom stereocenters. The predicted molar refractivity (Wildman–Crippen MR) is 95.2 cm³/mol. The highest BCUT2D eigenvalue weighted by Crippen LogP contribution is 2.38. The van der Waals surface area contributed by atoms with Gasteiger partial charge < -0.3 is 5.32 Å². The van der Waals surface area contributed by atoms with Crippen molar-refractivity contribution in [2.75, 3.05) is 0 Å². The molecule has 1 N–H and O–H groups in total. The zero-order valence-electron chi connectivity index (χ0n) is 12.1. The summed E-state index contributed by atoms with van der Waals surface area (Å²) in [7, 11) is 0. The average Bonchev–Trinajstić information content (AvgIpc) is 3.08. The van der Waals surface area contributed by atoms with Gasteiger partial charge in [-0.25, -0.2) is 0 Å². The maximum atomic E-state index is 12.0. The van der Waals surface area contributed by atoms with Gasteiger partial charge in [0.2, 0.25) is 5.91 Å². The third-order valence-electron chi connectivity index (χ3n) is 3.54. The average molecular weight is 361 g/mol. The molecule has 23 heavy (non-hydrogen) atoms. The molecule has 6 heteroatoms. The lowest BCUT2D eigenvalue weighted by Crippen LogP contribution is -2.30. The summed E-state index contributed by atoms with van der Waals surface area (Å²) in [6.07, 6.45) is 0.328. The van der Waals surface area contributed by atoms with Crippen molar-refractivity contribution in [1.29, 1.82) is 5.26 Å². The normalized spacial score (nSPS) is 17.7. The highest BCUT2D eigenvalue weighted by Gasteiger charge is 2.30. The second-order valence-electron chi connectivity index (χ2n) is 5.09. The largest absolute Gasteiger partial charge is 0.320 e. The Morgan fingerprint density at radius 3 is 2.78 bits per heavy atom. The van der Waals surface area contributed by atoms with Crippen molar-refractivity contribution < 1.29 is 4.79 Å². The summed E-state index contributed by atoms with van der Waals surface area (Å²) in [5.41, 5.74) is 1.74. The molecular weight excluding hydrogens is 348 g/mol. The number of hydrogen-bond acceptors (Lipinski definition) is 4. The van der Waals surface area contributed by atoms with E-state index in [4.69, 9.17) is 11.6 Å². The second-order valence-corrected chi connectivity index (χ2v) is 7.49. The molecule has 0 bridgehead atoms. The van der Waals surface area contributed by atoms with Crippen LogP contribution < -0.4 is 5.32 Å². The third-order valence-corrected chi connectivity index (χ3v) is 5.87. The third kappa shape index (κ3) is 3.78. The van der Waals surface area contributed by atoms with Gasteiger partial charge >= 0.3 is 0 Å². The summed E-state index contributed by atoms with van der Waals surface area (Å²) < 4.78 is 0. The van der Waals surface area contributed by atoms with Crippen LogP contribution in [0, 0.1) is 11.3 Å². The van der Waals surface area contributed by atoms with E-state index in [1.807, 2.05) is 41.8 Å². The Bertz CT molecular complexity index is 776. The van der Waals surface area contributed by atoms with E-state index in [2.05, 4.69) is 11.4 Å². The van der Waals surface area contributed by atoms with Crippen molar-refractivity contribution >= 4 is 40.6 Å². The Labute approximate surface area is 148 Å². The topological polar surface area (TPSA) is 52.9 Å². The molecule has 1 aromatic carbocycles. The van der Waals surface area contributed by atoms with Crippen LogP contribution in [0.25, 0.3) is 0 Å². The molecule has 2 heterocycles. The molecule has 0 saturated heterocycles. The van der Waals surface area contributed by atoms with Crippen LogP contribution in [0.15, 0.2) is 52.4 Å². The van der Waals surface area contributed by atoms with Crippen LogP contribution >= 0.6 is 34.7 Å². The molecule has 1 aliphatic heterocycles. The minimum Gasteiger partial charge on any atom is -0.320 e. The minimum absolute atomic E-state index is 0.0407. The zero-order chi connectivity index (χ0) is 16.2. The number of benzene rings is 1. The number of hydrogen-bond donors (Lipinski definition) is 1. The van der Waals surface area contributed by atoms with E-state index < -0.39 is 0 Å². The molecule has 116 valence electrons. The van der Waals surface area contributed by atoms with Gasteiger partial charge in [-0.05, 0) is 29.1 Å². The Hall–Kier alpha value is -1.74. The Morgan fingerprint density at radius 2 is 2.13 bits per heavy atom. The summed E-state index contributed by atoms with van der Waals surface area (Å²) in [5, 5.41) is 15.7. The summed E-state index contributed by atoms with van der Waals surface area (Å²) in [6.45, 7) is 0. The maximum Gasteiger partial charge on any atom is 0.225 e. The first-order chi connectivity index (χ1) is 11.2. The quantitative estimate of drug-likeness (QED) is 0.861. The molecule has 0 spiro atoms. The van der Waals surface area contributed by atoms with Gasteiger partial charge in [-0.3, -0.25) is 4.79 Å². The number of rotatable bonds is 4. The molecule has 0 fully saturated rings. The Morgan fingerprint density at radius 1 is 1.35 bits per heavy atom. The number of thioether (sulfide) groups is 1. The number of carbonyl (C=O) groups is 1. The molecule has 0 aliphatic carbocycles. The van der Waals surface area contributed by atoms with E-state index in [-0.39, 0.29) is 11.8 Å². The number of allylic oxidation sites excluding steroid dienone is 1. The lowest BCUT2D eigenvalue weighted by molar-refractivity contribution is -0.120. The van der Waals surface area contributed by atoms with Gasteiger partial charge in [0, 0.05) is 28.0 Å². The first-order valence-electron chi connectivity index (χ1n) is 7.02. The molecule has 1 unspecified atom stereocenters. The monoisotopic (exact) mass is 360 g/mol. The standard InChI is InChI=1S/C17H13ClN2OS2/c18-12-5-3-11(4-6-12)10-23-17-14(9-19)13(8-16(21)20-17)15-2-1-7-22-15/h1-7,13H,8,10H2,(H,20,21). The van der Waals surface area contributed by atoms with Crippen molar-refractivity contribution in [3.63, 3.8) is 0 Å². The number of carbonyl (C=O) groups excluding carboxylic acids is 1. The number of nitrogens with zero attached hydrogens (tertiary/aromatic N) is 1. The summed E-state index contributed by atoms with van der Waals surface area (Å²) >= 11 is 8.95. The first kappa shape index (κ1) is 16.1. The SMILES string of the molecule is N#CC1=C(SCc2ccc(Cl)cc2)NC(=O)CC1c1cccs1. The lowest BCUT2D eigenvalue weighted by atomic mass is 9.93. The number of nitrogens with one attached hydrogen (secondary N) is 1. The molecule has 1 aromatic heterocycles. The molecule has 0 saturated carbocycles. The fraction of sp³-hybridized carbons (Fsp3) is 0.176. The van der Waals surface area contributed by atoms with Crippen LogP contribution in [-0.4, -0.2) is 5.91 Å². The van der Waals surface area contributed by atoms with Gasteiger partial charge in [-0.1, -0.05) is 29.8 Å². The highest BCUT2D eigenvalue weighted by atomic mass is 35.5. The van der Waals surface area contributed by atoms with Crippen LogP contribution in [0.2, 0.25) is 5.02 Å². The van der Waals surface area contributed by atoms with Crippen LogP contribution in [-0.2, 0) is 10.5 Å². The number of halogens is 1. The van der Waals surface area contributed by atoms with Gasteiger partial charge in [0.1, 0.15) is 0 Å². The van der Waals surface area contributed by atoms with Crippen molar-refractivity contribution in [2.24, 2.45) is 0 Å². The van der Waals surface area contributed by atoms with E-state index in [1.165, 1.54) is 11.8 Å². The van der Waals surface area contributed by atoms with Crippen molar-refractivity contribution in [2.45, 2.75) is 18.1 Å². The Balaban J connectivity index is 1.83. The summed E-state index contributed by atoms with van der Waals surface area (Å²) in [6, 6.07) is 13.8. The summed E-state index contributed by atoms with van der Waals surface area (Å²) in [4.78, 5) is 13.1. The molecule has 0 radical (unpaired) electrons. The van der Waals surface area contributed by atoms with Crippen LogP contribution in [0.3, 0.4) is 0 Å². The number of thiophene rings is 1. The van der Waals surface area contributed by atoms with Gasteiger partial charge in [-0.2, -0.15) is 5.26 Å². The summed E-state index contributed by atoms with van der Waals surface area (Å²) in [5.74, 6) is 0.497. The van der Waals surface area contributed by atoms with Crippen molar-refractivity contribution in [3.05, 3.63) is 67.8 Å². The Kier molecular flexibility index (Phi) is 5.06.